The number of hydrogen-bond donors (Lipinski definition) is 1. The maximum Gasteiger partial charge on any atom is 0.127 e. The summed E-state index contributed by atoms with van der Waals surface area (Å²) in [6, 6.07) is 0. The number of rotatable bonds is 0. The molecule has 0 spiro atoms. The maximum absolute atomic E-state index is 9.18. The minimum Gasteiger partial charge on any atom is -0.375 e. The van der Waals surface area contributed by atoms with E-state index in [1.54, 1.807) is 17.8 Å². The maximum atomic E-state index is 9.18. The summed E-state index contributed by atoms with van der Waals surface area (Å²) in [5, 5.41) is 11.1. The van der Waals surface area contributed by atoms with Crippen molar-refractivity contribution in [1.29, 1.82) is 0 Å². The summed E-state index contributed by atoms with van der Waals surface area (Å²) in [5.74, 6) is 1.07. The van der Waals surface area contributed by atoms with Crippen molar-refractivity contribution in [2.45, 2.75) is 6.23 Å². The Morgan fingerprint density at radius 2 is 2.56 bits per heavy atom. The van der Waals surface area contributed by atoms with Gasteiger partial charge in [-0.2, -0.15) is 0 Å². The largest absolute Gasteiger partial charge is 0.375 e. The quantitative estimate of drug-likeness (QED) is 0.537. The lowest BCUT2D eigenvalue weighted by Gasteiger charge is -2.17. The first-order chi connectivity index (χ1) is 4.30. The Morgan fingerprint density at radius 3 is 3.33 bits per heavy atom. The highest BCUT2D eigenvalue weighted by molar-refractivity contribution is 8.02. The Balaban J connectivity index is 2.46. The molecule has 2 nitrogen and oxygen atoms in total. The van der Waals surface area contributed by atoms with E-state index < -0.39 is 0 Å². The van der Waals surface area contributed by atoms with Gasteiger partial charge in [-0.15, -0.1) is 11.8 Å². The van der Waals surface area contributed by atoms with Crippen LogP contribution in [0.3, 0.4) is 0 Å². The van der Waals surface area contributed by atoms with Crippen LogP contribution >= 0.6 is 11.8 Å². The van der Waals surface area contributed by atoms with Gasteiger partial charge < -0.3 is 5.11 Å². The number of aliphatic hydroxyl groups excluding tert-OH is 1. The molecule has 0 aromatic rings. The van der Waals surface area contributed by atoms with Crippen LogP contribution in [0.15, 0.2) is 11.5 Å². The van der Waals surface area contributed by atoms with Gasteiger partial charge in [-0.1, -0.05) is 0 Å². The fourth-order valence-corrected chi connectivity index (χ4v) is 1.45. The van der Waals surface area contributed by atoms with Crippen molar-refractivity contribution in [3.05, 3.63) is 11.5 Å². The van der Waals surface area contributed by atoms with Gasteiger partial charge in [0.15, 0.2) is 0 Å². The molecule has 1 aliphatic heterocycles. The average molecular weight is 145 g/mol. The first-order valence-corrected chi connectivity index (χ1v) is 4.02. The fraction of sp³-hybridized carbons (Fsp3) is 0.667. The van der Waals surface area contributed by atoms with Gasteiger partial charge in [-0.05, 0) is 18.5 Å². The van der Waals surface area contributed by atoms with E-state index in [-0.39, 0.29) is 6.23 Å². The molecule has 0 radical (unpaired) electrons. The molecule has 1 N–H and O–H groups in total. The summed E-state index contributed by atoms with van der Waals surface area (Å²) in [6.45, 7) is 0.957. The van der Waals surface area contributed by atoms with Gasteiger partial charge in [0.2, 0.25) is 0 Å². The molecule has 1 rings (SSSR count). The van der Waals surface area contributed by atoms with Crippen LogP contribution in [0.2, 0.25) is 0 Å². The van der Waals surface area contributed by atoms with Crippen molar-refractivity contribution in [2.75, 3.05) is 19.3 Å². The predicted molar refractivity (Wildman–Crippen MR) is 40.2 cm³/mol. The van der Waals surface area contributed by atoms with Crippen LogP contribution in [0.1, 0.15) is 0 Å². The summed E-state index contributed by atoms with van der Waals surface area (Å²) < 4.78 is 0. The molecule has 0 saturated carbocycles. The second-order valence-corrected chi connectivity index (χ2v) is 3.11. The highest BCUT2D eigenvalue weighted by Gasteiger charge is 2.08. The molecular formula is C6H11NOS. The van der Waals surface area contributed by atoms with Crippen LogP contribution < -0.4 is 0 Å². The molecule has 0 aromatic carbocycles. The van der Waals surface area contributed by atoms with E-state index in [4.69, 9.17) is 0 Å². The third-order valence-electron chi connectivity index (χ3n) is 1.36. The van der Waals surface area contributed by atoms with Gasteiger partial charge in [0.05, 0.1) is 0 Å². The molecule has 9 heavy (non-hydrogen) atoms. The van der Waals surface area contributed by atoms with Crippen LogP contribution in [-0.2, 0) is 0 Å². The summed E-state index contributed by atoms with van der Waals surface area (Å²) in [4.78, 5) is 1.91. The van der Waals surface area contributed by atoms with Gasteiger partial charge >= 0.3 is 0 Å². The minimum absolute atomic E-state index is 0.375. The molecule has 1 aliphatic rings. The molecule has 0 amide bonds. The average Bonchev–Trinajstić information content (AvgIpc) is 1.99. The highest BCUT2D eigenvalue weighted by atomic mass is 32.2. The van der Waals surface area contributed by atoms with Crippen LogP contribution in [0.4, 0.5) is 0 Å². The number of nitrogens with zero attached hydrogens (tertiary/aromatic N) is 1. The first kappa shape index (κ1) is 7.12. The zero-order chi connectivity index (χ0) is 6.69. The second-order valence-electron chi connectivity index (χ2n) is 2.09. The van der Waals surface area contributed by atoms with Crippen LogP contribution in [-0.4, -0.2) is 35.6 Å². The standard InChI is InChI=1S/C6H11NOS/c1-7-3-5-9-4-2-6(7)8/h2,4,6,8H,3,5H2,1H3. The molecule has 1 unspecified atom stereocenters. The lowest BCUT2D eigenvalue weighted by molar-refractivity contribution is 0.0689. The zero-order valence-corrected chi connectivity index (χ0v) is 6.27. The van der Waals surface area contributed by atoms with Crippen molar-refractivity contribution in [1.82, 2.24) is 4.90 Å². The zero-order valence-electron chi connectivity index (χ0n) is 5.45. The highest BCUT2D eigenvalue weighted by Crippen LogP contribution is 2.09. The third kappa shape index (κ3) is 2.01. The summed E-state index contributed by atoms with van der Waals surface area (Å²) in [5.41, 5.74) is 0. The number of likely N-dealkylation sites (N-methyl/N-ethyl adjacent to an activating group) is 1. The molecule has 0 saturated heterocycles. The van der Waals surface area contributed by atoms with Crippen molar-refractivity contribution in [2.24, 2.45) is 0 Å². The summed E-state index contributed by atoms with van der Waals surface area (Å²) in [6.07, 6.45) is 1.43. The van der Waals surface area contributed by atoms with Crippen LogP contribution in [0.25, 0.3) is 0 Å². The van der Waals surface area contributed by atoms with Gasteiger partial charge in [0.25, 0.3) is 0 Å². The van der Waals surface area contributed by atoms with Crippen molar-refractivity contribution in [3.8, 4) is 0 Å². The van der Waals surface area contributed by atoms with E-state index in [1.807, 2.05) is 17.4 Å². The number of aliphatic hydroxyl groups is 1. The lowest BCUT2D eigenvalue weighted by atomic mass is 10.5. The molecule has 0 aliphatic carbocycles. The van der Waals surface area contributed by atoms with E-state index in [0.717, 1.165) is 12.3 Å². The molecule has 0 bridgehead atoms. The molecular weight excluding hydrogens is 134 g/mol. The molecule has 0 aromatic heterocycles. The predicted octanol–water partition coefficient (Wildman–Crippen LogP) is 0.497. The van der Waals surface area contributed by atoms with E-state index in [9.17, 15) is 5.11 Å². The second kappa shape index (κ2) is 3.25. The summed E-state index contributed by atoms with van der Waals surface area (Å²) in [7, 11) is 1.92. The van der Waals surface area contributed by atoms with Gasteiger partial charge in [0, 0.05) is 12.3 Å². The smallest absolute Gasteiger partial charge is 0.127 e. The van der Waals surface area contributed by atoms with Gasteiger partial charge in [0.1, 0.15) is 6.23 Å². The van der Waals surface area contributed by atoms with Crippen molar-refractivity contribution >= 4 is 11.8 Å². The summed E-state index contributed by atoms with van der Waals surface area (Å²) >= 11 is 1.74. The van der Waals surface area contributed by atoms with E-state index in [0.29, 0.717) is 0 Å². The SMILES string of the molecule is CN1CCSC=CC1O. The van der Waals surface area contributed by atoms with E-state index in [2.05, 4.69) is 0 Å². The molecule has 1 heterocycles. The normalized spacial score (nSPS) is 30.2. The monoisotopic (exact) mass is 145 g/mol. The van der Waals surface area contributed by atoms with E-state index >= 15 is 0 Å². The lowest BCUT2D eigenvalue weighted by Crippen LogP contribution is -2.30. The Morgan fingerprint density at radius 1 is 1.78 bits per heavy atom. The fourth-order valence-electron chi connectivity index (χ4n) is 0.670. The number of thioether (sulfide) groups is 1. The number of hydrogen-bond acceptors (Lipinski definition) is 3. The van der Waals surface area contributed by atoms with Crippen molar-refractivity contribution < 1.29 is 5.11 Å². The Kier molecular flexibility index (Phi) is 2.57. The first-order valence-electron chi connectivity index (χ1n) is 2.97. The van der Waals surface area contributed by atoms with Gasteiger partial charge in [-0.3, -0.25) is 4.90 Å². The minimum atomic E-state index is -0.375. The van der Waals surface area contributed by atoms with Crippen LogP contribution in [0, 0.1) is 0 Å². The molecule has 0 fully saturated rings. The van der Waals surface area contributed by atoms with Crippen molar-refractivity contribution in [3.63, 3.8) is 0 Å². The van der Waals surface area contributed by atoms with E-state index in [1.165, 1.54) is 0 Å². The molecule has 52 valence electrons. The Labute approximate surface area is 59.5 Å². The molecule has 3 heteroatoms. The molecule has 1 atom stereocenters. The van der Waals surface area contributed by atoms with Gasteiger partial charge in [-0.25, -0.2) is 0 Å². The van der Waals surface area contributed by atoms with Crippen LogP contribution in [0.5, 0.6) is 0 Å². The Bertz CT molecular complexity index is 116. The Hall–Kier alpha value is 0.01000. The third-order valence-corrected chi connectivity index (χ3v) is 2.13. The topological polar surface area (TPSA) is 23.5 Å².